The minimum atomic E-state index is -4.35. The van der Waals surface area contributed by atoms with E-state index >= 15 is 0 Å². The number of alkyl halides is 3. The van der Waals surface area contributed by atoms with E-state index in [1.807, 2.05) is 0 Å². The summed E-state index contributed by atoms with van der Waals surface area (Å²) >= 11 is 0. The molecule has 1 aliphatic carbocycles. The first-order valence-electron chi connectivity index (χ1n) is 6.39. The lowest BCUT2D eigenvalue weighted by Crippen LogP contribution is -2.39. The Morgan fingerprint density at radius 3 is 2.70 bits per heavy atom. The Kier molecular flexibility index (Phi) is 4.32. The van der Waals surface area contributed by atoms with E-state index in [1.54, 1.807) is 6.07 Å². The molecular weight excluding hydrogens is 271 g/mol. The van der Waals surface area contributed by atoms with E-state index in [2.05, 4.69) is 5.32 Å². The molecule has 1 unspecified atom stereocenters. The molecule has 0 heterocycles. The Morgan fingerprint density at radius 1 is 1.45 bits per heavy atom. The summed E-state index contributed by atoms with van der Waals surface area (Å²) in [6, 6.07) is 4.65. The minimum absolute atomic E-state index is 0.209. The summed E-state index contributed by atoms with van der Waals surface area (Å²) in [5.41, 5.74) is -0.188. The van der Waals surface area contributed by atoms with E-state index in [-0.39, 0.29) is 18.4 Å². The number of carbonyl (C=O) groups excluding carboxylic acids is 1. The van der Waals surface area contributed by atoms with E-state index in [0.29, 0.717) is 5.56 Å². The van der Waals surface area contributed by atoms with Crippen LogP contribution in [0.5, 0.6) is 0 Å². The van der Waals surface area contributed by atoms with Crippen LogP contribution in [0.2, 0.25) is 0 Å². The second kappa shape index (κ2) is 5.83. The largest absolute Gasteiger partial charge is 0.468 e. The molecule has 0 spiro atoms. The lowest BCUT2D eigenvalue weighted by atomic mass is 10.1. The molecule has 1 atom stereocenters. The smallest absolute Gasteiger partial charge is 0.416 e. The van der Waals surface area contributed by atoms with Gasteiger partial charge in [0.25, 0.3) is 0 Å². The lowest BCUT2D eigenvalue weighted by Gasteiger charge is -2.16. The molecule has 3 nitrogen and oxygen atoms in total. The maximum atomic E-state index is 12.6. The highest BCUT2D eigenvalue weighted by molar-refractivity contribution is 5.76. The number of benzene rings is 1. The fourth-order valence-electron chi connectivity index (χ4n) is 2.08. The molecule has 0 aromatic heterocycles. The number of hydrogen-bond donors (Lipinski definition) is 1. The van der Waals surface area contributed by atoms with E-state index in [4.69, 9.17) is 4.74 Å². The van der Waals surface area contributed by atoms with Gasteiger partial charge in [0, 0.05) is 6.54 Å². The van der Waals surface area contributed by atoms with E-state index < -0.39 is 17.8 Å². The van der Waals surface area contributed by atoms with Crippen molar-refractivity contribution in [1.82, 2.24) is 5.32 Å². The molecule has 110 valence electrons. The molecule has 0 saturated heterocycles. The average molecular weight is 287 g/mol. The number of methoxy groups -OCH3 is 1. The summed E-state index contributed by atoms with van der Waals surface area (Å²) in [4.78, 5) is 11.6. The number of esters is 1. The van der Waals surface area contributed by atoms with Crippen LogP contribution in [-0.4, -0.2) is 19.1 Å². The van der Waals surface area contributed by atoms with Crippen molar-refractivity contribution in [3.05, 3.63) is 35.4 Å². The predicted octanol–water partition coefficient (Wildman–Crippen LogP) is 2.75. The molecule has 1 fully saturated rings. The molecule has 2 rings (SSSR count). The van der Waals surface area contributed by atoms with Crippen molar-refractivity contribution in [3.8, 4) is 0 Å². The summed E-state index contributed by atoms with van der Waals surface area (Å²) in [5.74, 6) is -0.132. The number of nitrogens with one attached hydrogen (secondary N) is 1. The summed E-state index contributed by atoms with van der Waals surface area (Å²) in [7, 11) is 1.31. The fraction of sp³-hybridized carbons (Fsp3) is 0.500. The third kappa shape index (κ3) is 3.72. The van der Waals surface area contributed by atoms with Gasteiger partial charge in [0.15, 0.2) is 0 Å². The van der Waals surface area contributed by atoms with Gasteiger partial charge in [0.2, 0.25) is 0 Å². The Balaban J connectivity index is 2.01. The van der Waals surface area contributed by atoms with Gasteiger partial charge in [-0.15, -0.1) is 0 Å². The van der Waals surface area contributed by atoms with Gasteiger partial charge in [0.1, 0.15) is 6.04 Å². The SMILES string of the molecule is COC(=O)C(NCc1cccc(C(F)(F)F)c1)C1CC1. The number of carbonyl (C=O) groups is 1. The quantitative estimate of drug-likeness (QED) is 0.846. The van der Waals surface area contributed by atoms with Crippen molar-refractivity contribution in [2.24, 2.45) is 5.92 Å². The Hall–Kier alpha value is -1.56. The van der Waals surface area contributed by atoms with Gasteiger partial charge in [-0.25, -0.2) is 0 Å². The number of halogens is 3. The average Bonchev–Trinajstić information content (AvgIpc) is 3.22. The van der Waals surface area contributed by atoms with Crippen LogP contribution in [0.3, 0.4) is 0 Å². The second-order valence-electron chi connectivity index (χ2n) is 4.92. The zero-order valence-corrected chi connectivity index (χ0v) is 11.0. The molecular formula is C14H16F3NO2. The van der Waals surface area contributed by atoms with Crippen molar-refractivity contribution in [1.29, 1.82) is 0 Å². The van der Waals surface area contributed by atoms with Crippen LogP contribution in [0.15, 0.2) is 24.3 Å². The number of ether oxygens (including phenoxy) is 1. The first-order valence-corrected chi connectivity index (χ1v) is 6.39. The molecule has 1 saturated carbocycles. The molecule has 1 aromatic carbocycles. The number of hydrogen-bond acceptors (Lipinski definition) is 3. The molecule has 1 aliphatic rings. The molecule has 6 heteroatoms. The summed E-state index contributed by atoms with van der Waals surface area (Å²) in [5, 5.41) is 2.99. The van der Waals surface area contributed by atoms with Crippen molar-refractivity contribution >= 4 is 5.97 Å². The predicted molar refractivity (Wildman–Crippen MR) is 66.8 cm³/mol. The molecule has 20 heavy (non-hydrogen) atoms. The van der Waals surface area contributed by atoms with Gasteiger partial charge >= 0.3 is 12.1 Å². The summed E-state index contributed by atoms with van der Waals surface area (Å²) in [6.45, 7) is 0.209. The highest BCUT2D eigenvalue weighted by Gasteiger charge is 2.36. The minimum Gasteiger partial charge on any atom is -0.468 e. The highest BCUT2D eigenvalue weighted by atomic mass is 19.4. The standard InChI is InChI=1S/C14H16F3NO2/c1-20-13(19)12(10-5-6-10)18-8-9-3-2-4-11(7-9)14(15,16)17/h2-4,7,10,12,18H,5-6,8H2,1H3. The normalized spacial score (nSPS) is 16.8. The first kappa shape index (κ1) is 14.8. The van der Waals surface area contributed by atoms with Gasteiger partial charge in [0.05, 0.1) is 12.7 Å². The lowest BCUT2D eigenvalue weighted by molar-refractivity contribution is -0.143. The molecule has 0 radical (unpaired) electrons. The maximum absolute atomic E-state index is 12.6. The Bertz CT molecular complexity index is 484. The van der Waals surface area contributed by atoms with E-state index in [0.717, 1.165) is 25.0 Å². The zero-order chi connectivity index (χ0) is 14.8. The van der Waals surface area contributed by atoms with E-state index in [9.17, 15) is 18.0 Å². The third-order valence-corrected chi connectivity index (χ3v) is 3.33. The van der Waals surface area contributed by atoms with Crippen molar-refractivity contribution in [2.75, 3.05) is 7.11 Å². The van der Waals surface area contributed by atoms with Crippen LogP contribution in [0, 0.1) is 5.92 Å². The van der Waals surface area contributed by atoms with Crippen molar-refractivity contribution in [3.63, 3.8) is 0 Å². The zero-order valence-electron chi connectivity index (χ0n) is 11.0. The topological polar surface area (TPSA) is 38.3 Å². The maximum Gasteiger partial charge on any atom is 0.416 e. The van der Waals surface area contributed by atoms with Gasteiger partial charge in [-0.2, -0.15) is 13.2 Å². The van der Waals surface area contributed by atoms with Crippen LogP contribution < -0.4 is 5.32 Å². The van der Waals surface area contributed by atoms with E-state index in [1.165, 1.54) is 13.2 Å². The van der Waals surface area contributed by atoms with Crippen LogP contribution in [0.1, 0.15) is 24.0 Å². The molecule has 1 aromatic rings. The van der Waals surface area contributed by atoms with Gasteiger partial charge < -0.3 is 10.1 Å². The monoisotopic (exact) mass is 287 g/mol. The Morgan fingerprint density at radius 2 is 2.15 bits per heavy atom. The first-order chi connectivity index (χ1) is 9.41. The highest BCUT2D eigenvalue weighted by Crippen LogP contribution is 2.33. The molecule has 0 amide bonds. The fourth-order valence-corrected chi connectivity index (χ4v) is 2.08. The molecule has 1 N–H and O–H groups in total. The second-order valence-corrected chi connectivity index (χ2v) is 4.92. The number of rotatable bonds is 5. The van der Waals surface area contributed by atoms with Gasteiger partial charge in [-0.05, 0) is 30.4 Å². The summed E-state index contributed by atoms with van der Waals surface area (Å²) < 4.78 is 42.5. The van der Waals surface area contributed by atoms with Crippen LogP contribution in [0.4, 0.5) is 13.2 Å². The van der Waals surface area contributed by atoms with Crippen molar-refractivity contribution in [2.45, 2.75) is 31.6 Å². The van der Waals surface area contributed by atoms with Gasteiger partial charge in [-0.1, -0.05) is 18.2 Å². The van der Waals surface area contributed by atoms with Crippen LogP contribution in [-0.2, 0) is 22.3 Å². The molecule has 0 aliphatic heterocycles. The van der Waals surface area contributed by atoms with Gasteiger partial charge in [-0.3, -0.25) is 4.79 Å². The van der Waals surface area contributed by atoms with Crippen LogP contribution in [0.25, 0.3) is 0 Å². The van der Waals surface area contributed by atoms with Crippen LogP contribution >= 0.6 is 0 Å². The van der Waals surface area contributed by atoms with Crippen molar-refractivity contribution < 1.29 is 22.7 Å². The Labute approximate surface area is 115 Å². The summed E-state index contributed by atoms with van der Waals surface area (Å²) in [6.07, 6.45) is -2.47. The molecule has 0 bridgehead atoms. The third-order valence-electron chi connectivity index (χ3n) is 3.33.